The van der Waals surface area contributed by atoms with Crippen LogP contribution in [0.3, 0.4) is 0 Å². The SMILES string of the molecule is CC(CNCCCNc1cccnc1N)c1cccc(C2(C(=O)O)CC2)c1. The minimum Gasteiger partial charge on any atom is -0.481 e. The van der Waals surface area contributed by atoms with Crippen molar-refractivity contribution >= 4 is 17.5 Å². The highest BCUT2D eigenvalue weighted by molar-refractivity contribution is 5.84. The Labute approximate surface area is 160 Å². The molecule has 1 aromatic carbocycles. The Morgan fingerprint density at radius 1 is 1.30 bits per heavy atom. The van der Waals surface area contributed by atoms with E-state index in [9.17, 15) is 9.90 Å². The molecule has 0 radical (unpaired) electrons. The number of rotatable bonds is 10. The van der Waals surface area contributed by atoms with Gasteiger partial charge in [-0.3, -0.25) is 4.79 Å². The molecule has 1 aliphatic carbocycles. The molecule has 1 fully saturated rings. The van der Waals surface area contributed by atoms with Crippen molar-refractivity contribution in [2.75, 3.05) is 30.7 Å². The molecule has 3 rings (SSSR count). The summed E-state index contributed by atoms with van der Waals surface area (Å²) < 4.78 is 0. The van der Waals surface area contributed by atoms with E-state index in [1.165, 1.54) is 5.56 Å². The Hall–Kier alpha value is -2.60. The molecule has 1 heterocycles. The van der Waals surface area contributed by atoms with E-state index in [4.69, 9.17) is 5.73 Å². The first kappa shape index (κ1) is 19.2. The molecule has 1 saturated carbocycles. The number of carboxylic acids is 1. The number of pyridine rings is 1. The summed E-state index contributed by atoms with van der Waals surface area (Å²) in [5.41, 5.74) is 8.17. The molecule has 0 spiro atoms. The van der Waals surface area contributed by atoms with Crippen molar-refractivity contribution in [3.63, 3.8) is 0 Å². The van der Waals surface area contributed by atoms with Crippen molar-refractivity contribution in [2.45, 2.75) is 37.5 Å². The maximum Gasteiger partial charge on any atom is 0.314 e. The summed E-state index contributed by atoms with van der Waals surface area (Å²) in [4.78, 5) is 15.6. The number of aliphatic carboxylic acids is 1. The maximum atomic E-state index is 11.5. The van der Waals surface area contributed by atoms with Crippen LogP contribution in [0.4, 0.5) is 11.5 Å². The first-order valence-corrected chi connectivity index (χ1v) is 9.52. The Morgan fingerprint density at radius 3 is 2.81 bits per heavy atom. The highest BCUT2D eigenvalue weighted by Crippen LogP contribution is 2.48. The van der Waals surface area contributed by atoms with E-state index in [2.05, 4.69) is 34.7 Å². The van der Waals surface area contributed by atoms with Crippen molar-refractivity contribution in [3.05, 3.63) is 53.7 Å². The Balaban J connectivity index is 1.41. The average molecular weight is 368 g/mol. The lowest BCUT2D eigenvalue weighted by molar-refractivity contribution is -0.140. The summed E-state index contributed by atoms with van der Waals surface area (Å²) in [6.45, 7) is 4.75. The van der Waals surface area contributed by atoms with Gasteiger partial charge in [-0.1, -0.05) is 31.2 Å². The third kappa shape index (κ3) is 4.57. The van der Waals surface area contributed by atoms with E-state index in [-0.39, 0.29) is 0 Å². The molecule has 6 heteroatoms. The Morgan fingerprint density at radius 2 is 2.11 bits per heavy atom. The molecule has 0 amide bonds. The van der Waals surface area contributed by atoms with Crippen LogP contribution in [0, 0.1) is 0 Å². The molecule has 5 N–H and O–H groups in total. The predicted octanol–water partition coefficient (Wildman–Crippen LogP) is 2.98. The van der Waals surface area contributed by atoms with Gasteiger partial charge in [0.15, 0.2) is 0 Å². The van der Waals surface area contributed by atoms with Crippen LogP contribution >= 0.6 is 0 Å². The van der Waals surface area contributed by atoms with Gasteiger partial charge in [-0.05, 0) is 55.0 Å². The molecular weight excluding hydrogens is 340 g/mol. The van der Waals surface area contributed by atoms with E-state index in [0.717, 1.165) is 50.1 Å². The first-order chi connectivity index (χ1) is 13.0. The number of nitrogens with two attached hydrogens (primary N) is 1. The summed E-state index contributed by atoms with van der Waals surface area (Å²) >= 11 is 0. The van der Waals surface area contributed by atoms with Gasteiger partial charge in [-0.25, -0.2) is 4.98 Å². The van der Waals surface area contributed by atoms with Crippen LogP contribution in [0.2, 0.25) is 0 Å². The topological polar surface area (TPSA) is 100 Å². The Bertz CT molecular complexity index is 789. The van der Waals surface area contributed by atoms with Crippen LogP contribution in [0.1, 0.15) is 43.2 Å². The fourth-order valence-electron chi connectivity index (χ4n) is 3.33. The highest BCUT2D eigenvalue weighted by Gasteiger charge is 2.51. The van der Waals surface area contributed by atoms with Gasteiger partial charge in [0.25, 0.3) is 0 Å². The maximum absolute atomic E-state index is 11.5. The fourth-order valence-corrected chi connectivity index (χ4v) is 3.33. The van der Waals surface area contributed by atoms with Crippen LogP contribution in [0.5, 0.6) is 0 Å². The molecule has 0 saturated heterocycles. The summed E-state index contributed by atoms with van der Waals surface area (Å²) in [5.74, 6) is 0.150. The predicted molar refractivity (Wildman–Crippen MR) is 108 cm³/mol. The fraction of sp³-hybridized carbons (Fsp3) is 0.429. The molecule has 1 atom stereocenters. The minimum absolute atomic E-state index is 0.330. The zero-order valence-corrected chi connectivity index (χ0v) is 15.7. The second-order valence-corrected chi connectivity index (χ2v) is 7.33. The molecular formula is C21H28N4O2. The van der Waals surface area contributed by atoms with E-state index < -0.39 is 11.4 Å². The number of carbonyl (C=O) groups is 1. The molecule has 2 aromatic rings. The van der Waals surface area contributed by atoms with Gasteiger partial charge >= 0.3 is 5.97 Å². The number of hydrogen-bond donors (Lipinski definition) is 4. The number of nitrogens with one attached hydrogen (secondary N) is 2. The molecule has 144 valence electrons. The lowest BCUT2D eigenvalue weighted by atomic mass is 9.91. The van der Waals surface area contributed by atoms with Crippen molar-refractivity contribution < 1.29 is 9.90 Å². The third-order valence-corrected chi connectivity index (χ3v) is 5.30. The monoisotopic (exact) mass is 368 g/mol. The second-order valence-electron chi connectivity index (χ2n) is 7.33. The molecule has 0 bridgehead atoms. The number of anilines is 2. The van der Waals surface area contributed by atoms with Gasteiger partial charge in [-0.2, -0.15) is 0 Å². The molecule has 6 nitrogen and oxygen atoms in total. The first-order valence-electron chi connectivity index (χ1n) is 9.52. The second kappa shape index (κ2) is 8.39. The van der Waals surface area contributed by atoms with Crippen molar-refractivity contribution in [3.8, 4) is 0 Å². The number of hydrogen-bond acceptors (Lipinski definition) is 5. The smallest absolute Gasteiger partial charge is 0.314 e. The minimum atomic E-state index is -0.702. The number of nitrogens with zero attached hydrogens (tertiary/aromatic N) is 1. The normalized spacial score (nSPS) is 15.9. The summed E-state index contributed by atoms with van der Waals surface area (Å²) in [7, 11) is 0. The third-order valence-electron chi connectivity index (χ3n) is 5.30. The Kier molecular flexibility index (Phi) is 5.96. The van der Waals surface area contributed by atoms with Crippen LogP contribution in [-0.4, -0.2) is 35.7 Å². The summed E-state index contributed by atoms with van der Waals surface area (Å²) in [5, 5.41) is 16.2. The van der Waals surface area contributed by atoms with Crippen LogP contribution in [0.25, 0.3) is 0 Å². The van der Waals surface area contributed by atoms with E-state index >= 15 is 0 Å². The lowest BCUT2D eigenvalue weighted by Gasteiger charge is -2.17. The highest BCUT2D eigenvalue weighted by atomic mass is 16.4. The molecule has 1 unspecified atom stereocenters. The van der Waals surface area contributed by atoms with E-state index in [1.807, 2.05) is 24.3 Å². The molecule has 1 aromatic heterocycles. The van der Waals surface area contributed by atoms with Gasteiger partial charge in [0, 0.05) is 19.3 Å². The zero-order chi connectivity index (χ0) is 19.3. The van der Waals surface area contributed by atoms with E-state index in [0.29, 0.717) is 11.7 Å². The standard InChI is InChI=1S/C21H28N4O2/c1-15(14-23-10-4-12-24-18-7-3-11-25-19(18)22)16-5-2-6-17(13-16)21(8-9-21)20(26)27/h2-3,5-7,11,13,15,23-24H,4,8-10,12,14H2,1H3,(H2,22,25)(H,26,27). The van der Waals surface area contributed by atoms with Crippen molar-refractivity contribution in [1.82, 2.24) is 10.3 Å². The van der Waals surface area contributed by atoms with Crippen LogP contribution in [0.15, 0.2) is 42.6 Å². The summed E-state index contributed by atoms with van der Waals surface area (Å²) in [6.07, 6.45) is 4.14. The largest absolute Gasteiger partial charge is 0.481 e. The van der Waals surface area contributed by atoms with Crippen molar-refractivity contribution in [1.29, 1.82) is 0 Å². The molecule has 1 aliphatic rings. The van der Waals surface area contributed by atoms with Crippen LogP contribution < -0.4 is 16.4 Å². The van der Waals surface area contributed by atoms with Gasteiger partial charge in [0.2, 0.25) is 0 Å². The molecule has 27 heavy (non-hydrogen) atoms. The zero-order valence-electron chi connectivity index (χ0n) is 15.7. The van der Waals surface area contributed by atoms with Crippen LogP contribution in [-0.2, 0) is 10.2 Å². The van der Waals surface area contributed by atoms with Gasteiger partial charge in [0.05, 0.1) is 11.1 Å². The quantitative estimate of drug-likeness (QED) is 0.481. The summed E-state index contributed by atoms with van der Waals surface area (Å²) in [6, 6.07) is 11.9. The number of benzene rings is 1. The van der Waals surface area contributed by atoms with Gasteiger partial charge in [-0.15, -0.1) is 0 Å². The van der Waals surface area contributed by atoms with Gasteiger partial charge in [0.1, 0.15) is 5.82 Å². The lowest BCUT2D eigenvalue weighted by Crippen LogP contribution is -2.23. The molecule has 0 aliphatic heterocycles. The van der Waals surface area contributed by atoms with E-state index in [1.54, 1.807) is 6.20 Å². The van der Waals surface area contributed by atoms with Gasteiger partial charge < -0.3 is 21.5 Å². The van der Waals surface area contributed by atoms with Crippen molar-refractivity contribution in [2.24, 2.45) is 0 Å². The number of aromatic nitrogens is 1. The number of nitrogen functional groups attached to an aromatic ring is 1. The average Bonchev–Trinajstić information content (AvgIpc) is 3.48. The number of carboxylic acid groups (broad SMARTS) is 1.